The van der Waals surface area contributed by atoms with Crippen LogP contribution in [0.4, 0.5) is 16.2 Å². The summed E-state index contributed by atoms with van der Waals surface area (Å²) in [6, 6.07) is 29.6. The average molecular weight is 654 g/mol. The molecule has 0 atom stereocenters. The van der Waals surface area contributed by atoms with E-state index in [4.69, 9.17) is 9.72 Å². The second-order valence-corrected chi connectivity index (χ2v) is 13.0. The molecule has 0 aliphatic carbocycles. The number of amides is 2. The molecular weight excluding hydrogens is 610 g/mol. The average Bonchev–Trinajstić information content (AvgIpc) is 3.10. The molecule has 6 rings (SSSR count). The maximum absolute atomic E-state index is 14.1. The highest BCUT2D eigenvalue weighted by molar-refractivity contribution is 6.03. The lowest BCUT2D eigenvalue weighted by Gasteiger charge is -2.27. The van der Waals surface area contributed by atoms with Crippen molar-refractivity contribution < 1.29 is 9.53 Å². The monoisotopic (exact) mass is 653 g/mol. The zero-order valence-electron chi connectivity index (χ0n) is 28.8. The smallest absolute Gasteiger partial charge is 0.326 e. The Morgan fingerprint density at radius 1 is 0.857 bits per heavy atom. The van der Waals surface area contributed by atoms with Crippen LogP contribution in [-0.2, 0) is 6.61 Å². The number of urea groups is 1. The van der Waals surface area contributed by atoms with Crippen LogP contribution in [0.3, 0.4) is 0 Å². The van der Waals surface area contributed by atoms with Crippen LogP contribution < -0.4 is 20.5 Å². The number of anilines is 2. The Morgan fingerprint density at radius 3 is 2.37 bits per heavy atom. The van der Waals surface area contributed by atoms with Crippen molar-refractivity contribution in [3.63, 3.8) is 0 Å². The van der Waals surface area contributed by atoms with Gasteiger partial charge in [-0.2, -0.15) is 0 Å². The molecule has 0 aliphatic rings. The number of carbonyl (C=O) groups is 1. The van der Waals surface area contributed by atoms with Crippen molar-refractivity contribution in [3.8, 4) is 16.9 Å². The summed E-state index contributed by atoms with van der Waals surface area (Å²) in [4.78, 5) is 40.8. The summed E-state index contributed by atoms with van der Waals surface area (Å²) in [5, 5.41) is 5.12. The van der Waals surface area contributed by atoms with E-state index >= 15 is 0 Å². The molecule has 0 saturated carbocycles. The molecule has 250 valence electrons. The highest BCUT2D eigenvalue weighted by Gasteiger charge is 2.24. The number of rotatable bonds is 11. The topological polar surface area (TPSA) is 100 Å². The van der Waals surface area contributed by atoms with E-state index in [0.717, 1.165) is 68.5 Å². The largest absolute Gasteiger partial charge is 0.487 e. The number of fused-ring (bicyclic) bond motifs is 2. The van der Waals surface area contributed by atoms with E-state index in [1.807, 2.05) is 48.5 Å². The van der Waals surface area contributed by atoms with Crippen LogP contribution >= 0.6 is 0 Å². The fourth-order valence-electron chi connectivity index (χ4n) is 6.07. The molecule has 8 nitrogen and oxygen atoms in total. The van der Waals surface area contributed by atoms with E-state index in [1.165, 1.54) is 0 Å². The van der Waals surface area contributed by atoms with Crippen molar-refractivity contribution in [1.29, 1.82) is 0 Å². The van der Waals surface area contributed by atoms with Gasteiger partial charge in [0.05, 0.1) is 11.2 Å². The van der Waals surface area contributed by atoms with E-state index in [1.54, 1.807) is 17.2 Å². The number of carbonyl (C=O) groups excluding carboxylic acids is 1. The molecule has 0 bridgehead atoms. The summed E-state index contributed by atoms with van der Waals surface area (Å²) in [5.74, 6) is 0.986. The van der Waals surface area contributed by atoms with Crippen LogP contribution in [0.5, 0.6) is 5.75 Å². The van der Waals surface area contributed by atoms with E-state index < -0.39 is 0 Å². The number of nitrogens with zero attached hydrogens (tertiary/aromatic N) is 3. The van der Waals surface area contributed by atoms with Gasteiger partial charge in [-0.05, 0) is 95.1 Å². The maximum atomic E-state index is 14.1. The Bertz CT molecular complexity index is 2140. The van der Waals surface area contributed by atoms with Gasteiger partial charge in [0.1, 0.15) is 23.7 Å². The summed E-state index contributed by atoms with van der Waals surface area (Å²) in [6.07, 6.45) is 3.26. The van der Waals surface area contributed by atoms with Crippen molar-refractivity contribution >= 4 is 39.3 Å². The molecule has 0 spiro atoms. The fraction of sp³-hybridized carbons (Fsp3) is 0.268. The third-order valence-electron chi connectivity index (χ3n) is 8.75. The van der Waals surface area contributed by atoms with Crippen LogP contribution in [0, 0.1) is 0 Å². The molecule has 0 radical (unpaired) electrons. The molecule has 0 saturated heterocycles. The van der Waals surface area contributed by atoms with Crippen LogP contribution in [0.25, 0.3) is 33.1 Å². The number of hydrogen-bond donors (Lipinski definition) is 2. The number of aromatic nitrogens is 3. The minimum absolute atomic E-state index is 0.116. The first-order valence-corrected chi connectivity index (χ1v) is 17.0. The molecule has 6 aromatic rings. The van der Waals surface area contributed by atoms with Crippen molar-refractivity contribution in [3.05, 3.63) is 124 Å². The van der Waals surface area contributed by atoms with Gasteiger partial charge in [-0.3, -0.25) is 9.69 Å². The second kappa shape index (κ2) is 14.7. The summed E-state index contributed by atoms with van der Waals surface area (Å²) in [6.45, 7) is 11.4. The quantitative estimate of drug-likeness (QED) is 0.145. The van der Waals surface area contributed by atoms with Crippen LogP contribution in [0.2, 0.25) is 0 Å². The molecule has 3 heterocycles. The normalized spacial score (nSPS) is 11.4. The molecule has 0 fully saturated rings. The Balaban J connectivity index is 1.31. The van der Waals surface area contributed by atoms with Gasteiger partial charge in [0.2, 0.25) is 0 Å². The zero-order valence-corrected chi connectivity index (χ0v) is 28.8. The van der Waals surface area contributed by atoms with Crippen molar-refractivity contribution in [2.75, 3.05) is 16.8 Å². The predicted octanol–water partition coefficient (Wildman–Crippen LogP) is 9.80. The first-order valence-electron chi connectivity index (χ1n) is 17.0. The highest BCUT2D eigenvalue weighted by atomic mass is 16.5. The number of unbranched alkanes of at least 4 members (excludes halogenated alkanes) is 1. The Morgan fingerprint density at radius 2 is 1.61 bits per heavy atom. The maximum Gasteiger partial charge on any atom is 0.326 e. The Hall–Kier alpha value is -5.50. The molecule has 0 unspecified atom stereocenters. The molecule has 8 heteroatoms. The lowest BCUT2D eigenvalue weighted by molar-refractivity contribution is 0.256. The Labute approximate surface area is 287 Å². The van der Waals surface area contributed by atoms with Crippen LogP contribution in [0.15, 0.2) is 102 Å². The van der Waals surface area contributed by atoms with Gasteiger partial charge in [0, 0.05) is 29.2 Å². The van der Waals surface area contributed by atoms with Gasteiger partial charge in [-0.15, -0.1) is 0 Å². The van der Waals surface area contributed by atoms with Crippen molar-refractivity contribution in [2.45, 2.75) is 65.9 Å². The van der Waals surface area contributed by atoms with Crippen molar-refractivity contribution in [2.24, 2.45) is 0 Å². The van der Waals surface area contributed by atoms with Crippen LogP contribution in [0.1, 0.15) is 76.1 Å². The van der Waals surface area contributed by atoms with Gasteiger partial charge >= 0.3 is 6.03 Å². The van der Waals surface area contributed by atoms with Gasteiger partial charge in [-0.25, -0.2) is 14.8 Å². The van der Waals surface area contributed by atoms with Gasteiger partial charge in [0.25, 0.3) is 5.56 Å². The number of H-pyrrole nitrogens is 1. The SMILES string of the molecule is CCCCN(C(=O)Nc1c(C(C)C)cc(-c2cccc(OCc3ccc4ccccc4n3)c2)cc1C(C)C)c1cc2cccnc2[nH]c1=O. The minimum atomic E-state index is -0.348. The van der Waals surface area contributed by atoms with E-state index in [0.29, 0.717) is 24.5 Å². The van der Waals surface area contributed by atoms with E-state index in [-0.39, 0.29) is 23.4 Å². The van der Waals surface area contributed by atoms with Gasteiger partial charge in [0.15, 0.2) is 0 Å². The zero-order chi connectivity index (χ0) is 34.5. The van der Waals surface area contributed by atoms with E-state index in [2.05, 4.69) is 86.3 Å². The number of pyridine rings is 3. The number of nitrogens with one attached hydrogen (secondary N) is 2. The first kappa shape index (κ1) is 33.4. The fourth-order valence-corrected chi connectivity index (χ4v) is 6.07. The number of aromatic amines is 1. The first-order chi connectivity index (χ1) is 23.7. The van der Waals surface area contributed by atoms with Crippen LogP contribution in [-0.4, -0.2) is 27.5 Å². The minimum Gasteiger partial charge on any atom is -0.487 e. The summed E-state index contributed by atoms with van der Waals surface area (Å²) in [5.41, 5.74) is 7.15. The summed E-state index contributed by atoms with van der Waals surface area (Å²) < 4.78 is 6.21. The second-order valence-electron chi connectivity index (χ2n) is 13.0. The molecule has 3 aromatic carbocycles. The third kappa shape index (κ3) is 7.49. The number of ether oxygens (including phenoxy) is 1. The molecular formula is C41H43N5O3. The van der Waals surface area contributed by atoms with E-state index in [9.17, 15) is 9.59 Å². The Kier molecular flexibility index (Phi) is 10.0. The standard InChI is InChI=1S/C41H43N5O3/c1-6-7-20-46(37-24-30-14-11-19-42-39(30)45-40(37)47)41(48)44-38-34(26(2)3)22-31(23-35(38)27(4)5)29-13-10-15-33(21-29)49-25-32-18-17-28-12-8-9-16-36(28)43-32/h8-19,21-24,26-27H,6-7,20,25H2,1-5H3,(H,44,48)(H,42,45,47). The third-order valence-corrected chi connectivity index (χ3v) is 8.75. The van der Waals surface area contributed by atoms with Gasteiger partial charge < -0.3 is 15.0 Å². The number of hydrogen-bond acceptors (Lipinski definition) is 5. The van der Waals surface area contributed by atoms with Gasteiger partial charge in [-0.1, -0.05) is 77.4 Å². The summed E-state index contributed by atoms with van der Waals surface area (Å²) in [7, 11) is 0. The molecule has 2 N–H and O–H groups in total. The summed E-state index contributed by atoms with van der Waals surface area (Å²) >= 11 is 0. The lowest BCUT2D eigenvalue weighted by Crippen LogP contribution is -2.39. The van der Waals surface area contributed by atoms with Crippen molar-refractivity contribution in [1.82, 2.24) is 15.0 Å². The molecule has 0 aliphatic heterocycles. The molecule has 3 aromatic heterocycles. The highest BCUT2D eigenvalue weighted by Crippen LogP contribution is 2.38. The number of benzene rings is 3. The number of para-hydroxylation sites is 1. The lowest BCUT2D eigenvalue weighted by atomic mass is 9.88. The molecule has 49 heavy (non-hydrogen) atoms. The molecule has 2 amide bonds. The predicted molar refractivity (Wildman–Crippen MR) is 200 cm³/mol.